The van der Waals surface area contributed by atoms with E-state index in [0.717, 1.165) is 13.0 Å². The second kappa shape index (κ2) is 7.01. The predicted octanol–water partition coefficient (Wildman–Crippen LogP) is 1.36. The van der Waals surface area contributed by atoms with Gasteiger partial charge < -0.3 is 10.1 Å². The minimum Gasteiger partial charge on any atom is -0.381 e. The van der Waals surface area contributed by atoms with E-state index in [4.69, 9.17) is 4.74 Å². The predicted molar refractivity (Wildman–Crippen MR) is 77.2 cm³/mol. The van der Waals surface area contributed by atoms with Crippen LogP contribution in [0.4, 0.5) is 5.82 Å². The number of sulfonamides is 1. The maximum atomic E-state index is 12.2. The second-order valence-electron chi connectivity index (χ2n) is 4.81. The molecule has 0 atom stereocenters. The normalized spacial score (nSPS) is 17.1. The van der Waals surface area contributed by atoms with Crippen LogP contribution in [0.25, 0.3) is 0 Å². The highest BCUT2D eigenvalue weighted by Crippen LogP contribution is 2.14. The molecule has 1 aliphatic heterocycles. The number of nitrogens with one attached hydrogen (secondary N) is 2. The molecule has 0 aromatic carbocycles. The largest absolute Gasteiger partial charge is 0.381 e. The third-order valence-corrected chi connectivity index (χ3v) is 4.65. The van der Waals surface area contributed by atoms with Gasteiger partial charge in [0.1, 0.15) is 10.7 Å². The first kappa shape index (κ1) is 15.2. The Morgan fingerprint density at radius 2 is 2.10 bits per heavy atom. The topological polar surface area (TPSA) is 80.3 Å². The number of nitrogens with zero attached hydrogens (tertiary/aromatic N) is 1. The molecule has 1 aromatic heterocycles. The number of hydrogen-bond donors (Lipinski definition) is 2. The van der Waals surface area contributed by atoms with E-state index < -0.39 is 10.0 Å². The summed E-state index contributed by atoms with van der Waals surface area (Å²) < 4.78 is 32.4. The molecule has 1 aliphatic rings. The van der Waals surface area contributed by atoms with Crippen LogP contribution < -0.4 is 10.0 Å². The van der Waals surface area contributed by atoms with E-state index in [9.17, 15) is 8.42 Å². The molecule has 2 rings (SSSR count). The third kappa shape index (κ3) is 4.16. The fourth-order valence-electron chi connectivity index (χ4n) is 2.00. The van der Waals surface area contributed by atoms with Crippen LogP contribution in [0.3, 0.4) is 0 Å². The molecule has 112 valence electrons. The summed E-state index contributed by atoms with van der Waals surface area (Å²) >= 11 is 0. The maximum Gasteiger partial charge on any atom is 0.242 e. The molecule has 7 heteroatoms. The van der Waals surface area contributed by atoms with Crippen molar-refractivity contribution in [3.63, 3.8) is 0 Å². The lowest BCUT2D eigenvalue weighted by atomic mass is 10.1. The molecule has 0 radical (unpaired) electrons. The smallest absolute Gasteiger partial charge is 0.242 e. The standard InChI is InChI=1S/C13H21N3O3S/c1-2-7-14-13-4-3-12(10-15-13)20(17,18)16-11-5-8-19-9-6-11/h3-4,10-11,16H,2,5-9H2,1H3,(H,14,15). The number of ether oxygens (including phenoxy) is 1. The first-order valence-corrected chi connectivity index (χ1v) is 8.40. The van der Waals surface area contributed by atoms with Crippen molar-refractivity contribution in [2.75, 3.05) is 25.1 Å². The van der Waals surface area contributed by atoms with Crippen molar-refractivity contribution in [3.8, 4) is 0 Å². The van der Waals surface area contributed by atoms with Crippen molar-refractivity contribution in [3.05, 3.63) is 18.3 Å². The summed E-state index contributed by atoms with van der Waals surface area (Å²) in [6, 6.07) is 3.22. The van der Waals surface area contributed by atoms with E-state index in [1.54, 1.807) is 12.1 Å². The zero-order chi connectivity index (χ0) is 14.4. The van der Waals surface area contributed by atoms with E-state index in [1.165, 1.54) is 6.20 Å². The SMILES string of the molecule is CCCNc1ccc(S(=O)(=O)NC2CCOCC2)cn1. The number of hydrogen-bond acceptors (Lipinski definition) is 5. The molecule has 2 N–H and O–H groups in total. The zero-order valence-electron chi connectivity index (χ0n) is 11.6. The molecule has 6 nitrogen and oxygen atoms in total. The fraction of sp³-hybridized carbons (Fsp3) is 0.615. The molecule has 0 aliphatic carbocycles. The van der Waals surface area contributed by atoms with Crippen molar-refractivity contribution in [1.29, 1.82) is 0 Å². The van der Waals surface area contributed by atoms with Gasteiger partial charge in [0.05, 0.1) is 0 Å². The number of anilines is 1. The average molecular weight is 299 g/mol. The van der Waals surface area contributed by atoms with Gasteiger partial charge in [-0.25, -0.2) is 18.1 Å². The molecule has 1 saturated heterocycles. The Kier molecular flexibility index (Phi) is 5.33. The van der Waals surface area contributed by atoms with Gasteiger partial charge >= 0.3 is 0 Å². The van der Waals surface area contributed by atoms with Gasteiger partial charge in [-0.3, -0.25) is 0 Å². The van der Waals surface area contributed by atoms with Crippen LogP contribution in [0, 0.1) is 0 Å². The van der Waals surface area contributed by atoms with Gasteiger partial charge in [0.25, 0.3) is 0 Å². The van der Waals surface area contributed by atoms with Gasteiger partial charge in [-0.15, -0.1) is 0 Å². The number of aromatic nitrogens is 1. The highest BCUT2D eigenvalue weighted by Gasteiger charge is 2.22. The monoisotopic (exact) mass is 299 g/mol. The van der Waals surface area contributed by atoms with Crippen LogP contribution in [0.2, 0.25) is 0 Å². The Balaban J connectivity index is 2.01. The number of pyridine rings is 1. The minimum absolute atomic E-state index is 0.0494. The summed E-state index contributed by atoms with van der Waals surface area (Å²) in [4.78, 5) is 4.32. The lowest BCUT2D eigenvalue weighted by molar-refractivity contribution is 0.0832. The quantitative estimate of drug-likeness (QED) is 0.829. The summed E-state index contributed by atoms with van der Waals surface area (Å²) in [6.07, 6.45) is 3.80. The van der Waals surface area contributed by atoms with E-state index in [1.807, 2.05) is 0 Å². The van der Waals surface area contributed by atoms with Crippen molar-refractivity contribution < 1.29 is 13.2 Å². The van der Waals surface area contributed by atoms with E-state index in [0.29, 0.717) is 31.9 Å². The maximum absolute atomic E-state index is 12.2. The molecular weight excluding hydrogens is 278 g/mol. The van der Waals surface area contributed by atoms with Gasteiger partial charge in [-0.1, -0.05) is 6.92 Å². The van der Waals surface area contributed by atoms with Gasteiger partial charge in [-0.2, -0.15) is 0 Å². The molecule has 1 fully saturated rings. The summed E-state index contributed by atoms with van der Waals surface area (Å²) in [6.45, 7) is 4.08. The van der Waals surface area contributed by atoms with Crippen molar-refractivity contribution in [1.82, 2.24) is 9.71 Å². The van der Waals surface area contributed by atoms with E-state index in [-0.39, 0.29) is 10.9 Å². The summed E-state index contributed by atoms with van der Waals surface area (Å²) in [5, 5.41) is 3.11. The highest BCUT2D eigenvalue weighted by atomic mass is 32.2. The van der Waals surface area contributed by atoms with Crippen molar-refractivity contribution in [2.24, 2.45) is 0 Å². The molecule has 20 heavy (non-hydrogen) atoms. The molecule has 0 bridgehead atoms. The first-order chi connectivity index (χ1) is 9.62. The third-order valence-electron chi connectivity index (χ3n) is 3.15. The van der Waals surface area contributed by atoms with Crippen molar-refractivity contribution >= 4 is 15.8 Å². The summed E-state index contributed by atoms with van der Waals surface area (Å²) in [5.74, 6) is 0.692. The molecule has 0 spiro atoms. The molecule has 0 amide bonds. The van der Waals surface area contributed by atoms with Crippen LogP contribution in [0.15, 0.2) is 23.2 Å². The zero-order valence-corrected chi connectivity index (χ0v) is 12.4. The van der Waals surface area contributed by atoms with Crippen LogP contribution in [0.5, 0.6) is 0 Å². The molecule has 2 heterocycles. The molecule has 0 unspecified atom stereocenters. The summed E-state index contributed by atoms with van der Waals surface area (Å²) in [7, 11) is -3.49. The Hall–Kier alpha value is -1.18. The van der Waals surface area contributed by atoms with Gasteiger partial charge in [0.15, 0.2) is 0 Å². The lowest BCUT2D eigenvalue weighted by Crippen LogP contribution is -2.38. The Morgan fingerprint density at radius 3 is 2.70 bits per heavy atom. The van der Waals surface area contributed by atoms with Crippen LogP contribution >= 0.6 is 0 Å². The van der Waals surface area contributed by atoms with Crippen LogP contribution in [0.1, 0.15) is 26.2 Å². The van der Waals surface area contributed by atoms with Gasteiger partial charge in [-0.05, 0) is 31.4 Å². The van der Waals surface area contributed by atoms with Gasteiger partial charge in [0, 0.05) is 32.0 Å². The molecular formula is C13H21N3O3S. The van der Waals surface area contributed by atoms with Crippen molar-refractivity contribution in [2.45, 2.75) is 37.1 Å². The second-order valence-corrected chi connectivity index (χ2v) is 6.53. The highest BCUT2D eigenvalue weighted by molar-refractivity contribution is 7.89. The van der Waals surface area contributed by atoms with Crippen LogP contribution in [-0.4, -0.2) is 39.2 Å². The van der Waals surface area contributed by atoms with Gasteiger partial charge in [0.2, 0.25) is 10.0 Å². The Bertz CT molecular complexity index is 510. The lowest BCUT2D eigenvalue weighted by Gasteiger charge is -2.22. The van der Waals surface area contributed by atoms with E-state index in [2.05, 4.69) is 21.9 Å². The molecule has 1 aromatic rings. The first-order valence-electron chi connectivity index (χ1n) is 6.92. The Morgan fingerprint density at radius 1 is 1.35 bits per heavy atom. The fourth-order valence-corrected chi connectivity index (χ4v) is 3.25. The molecule has 0 saturated carbocycles. The Labute approximate surface area is 120 Å². The summed E-state index contributed by atoms with van der Waals surface area (Å²) in [5.41, 5.74) is 0. The van der Waals surface area contributed by atoms with Crippen LogP contribution in [-0.2, 0) is 14.8 Å². The van der Waals surface area contributed by atoms with E-state index >= 15 is 0 Å². The number of rotatable bonds is 6. The minimum atomic E-state index is -3.49. The average Bonchev–Trinajstić information content (AvgIpc) is 2.46.